The molecule has 2 heterocycles. The summed E-state index contributed by atoms with van der Waals surface area (Å²) in [5, 5.41) is 3.41. The third-order valence-electron chi connectivity index (χ3n) is 5.76. The molecule has 2 saturated heterocycles. The second-order valence-corrected chi connectivity index (χ2v) is 7.51. The maximum atomic E-state index is 12.8. The molecular formula is C21H32ClN3O2. The van der Waals surface area contributed by atoms with E-state index in [1.165, 1.54) is 0 Å². The SMILES string of the molecule is CCNCC1CCN(C(=O)C2CCN(C(=O)c3ccccc3)CC2)CC1.Cl. The van der Waals surface area contributed by atoms with Crippen molar-refractivity contribution in [2.24, 2.45) is 11.8 Å². The highest BCUT2D eigenvalue weighted by molar-refractivity contribution is 5.94. The van der Waals surface area contributed by atoms with Crippen LogP contribution in [0.1, 0.15) is 43.0 Å². The number of carbonyl (C=O) groups is 2. The van der Waals surface area contributed by atoms with Gasteiger partial charge in [-0.15, -0.1) is 12.4 Å². The molecule has 2 fully saturated rings. The Balaban J connectivity index is 0.00000261. The molecule has 0 radical (unpaired) electrons. The highest BCUT2D eigenvalue weighted by Crippen LogP contribution is 2.24. The minimum atomic E-state index is 0. The van der Waals surface area contributed by atoms with E-state index in [9.17, 15) is 9.59 Å². The average Bonchev–Trinajstić information content (AvgIpc) is 2.72. The summed E-state index contributed by atoms with van der Waals surface area (Å²) in [6.07, 6.45) is 3.78. The molecule has 150 valence electrons. The number of hydrogen-bond acceptors (Lipinski definition) is 3. The number of hydrogen-bond donors (Lipinski definition) is 1. The predicted octanol–water partition coefficient (Wildman–Crippen LogP) is 2.81. The number of likely N-dealkylation sites (tertiary alicyclic amines) is 2. The summed E-state index contributed by atoms with van der Waals surface area (Å²) in [4.78, 5) is 29.3. The first-order valence-corrected chi connectivity index (χ1v) is 10.0. The molecule has 0 unspecified atom stereocenters. The zero-order valence-electron chi connectivity index (χ0n) is 16.2. The highest BCUT2D eigenvalue weighted by atomic mass is 35.5. The van der Waals surface area contributed by atoms with Crippen molar-refractivity contribution in [1.29, 1.82) is 0 Å². The summed E-state index contributed by atoms with van der Waals surface area (Å²) in [5.74, 6) is 1.17. The molecule has 1 N–H and O–H groups in total. The first-order valence-electron chi connectivity index (χ1n) is 10.0. The van der Waals surface area contributed by atoms with E-state index in [1.807, 2.05) is 35.2 Å². The summed E-state index contributed by atoms with van der Waals surface area (Å²) >= 11 is 0. The van der Waals surface area contributed by atoms with Crippen molar-refractivity contribution in [2.45, 2.75) is 32.6 Å². The molecule has 0 atom stereocenters. The van der Waals surface area contributed by atoms with Gasteiger partial charge in [-0.3, -0.25) is 9.59 Å². The van der Waals surface area contributed by atoms with E-state index in [-0.39, 0.29) is 24.2 Å². The van der Waals surface area contributed by atoms with Gasteiger partial charge in [0, 0.05) is 37.7 Å². The van der Waals surface area contributed by atoms with Crippen LogP contribution in [0.15, 0.2) is 30.3 Å². The molecule has 1 aromatic carbocycles. The fourth-order valence-electron chi connectivity index (χ4n) is 4.06. The van der Waals surface area contributed by atoms with Crippen LogP contribution in [0.2, 0.25) is 0 Å². The van der Waals surface area contributed by atoms with E-state index >= 15 is 0 Å². The van der Waals surface area contributed by atoms with Crippen molar-refractivity contribution in [2.75, 3.05) is 39.3 Å². The smallest absolute Gasteiger partial charge is 0.253 e. The number of benzene rings is 1. The van der Waals surface area contributed by atoms with E-state index in [0.717, 1.165) is 57.4 Å². The van der Waals surface area contributed by atoms with Gasteiger partial charge in [-0.05, 0) is 56.8 Å². The lowest BCUT2D eigenvalue weighted by molar-refractivity contribution is -0.138. The van der Waals surface area contributed by atoms with Gasteiger partial charge in [0.2, 0.25) is 5.91 Å². The number of piperidine rings is 2. The third-order valence-corrected chi connectivity index (χ3v) is 5.76. The van der Waals surface area contributed by atoms with Crippen LogP contribution in [0.5, 0.6) is 0 Å². The highest BCUT2D eigenvalue weighted by Gasteiger charge is 2.32. The quantitative estimate of drug-likeness (QED) is 0.836. The van der Waals surface area contributed by atoms with Crippen molar-refractivity contribution in [3.63, 3.8) is 0 Å². The van der Waals surface area contributed by atoms with Crippen molar-refractivity contribution in [1.82, 2.24) is 15.1 Å². The van der Waals surface area contributed by atoms with E-state index in [1.54, 1.807) is 0 Å². The standard InChI is InChI=1S/C21H31N3O2.ClH/c1-2-22-16-17-8-12-23(13-9-17)21(26)19-10-14-24(15-11-19)20(25)18-6-4-3-5-7-18;/h3-7,17,19,22H,2,8-16H2,1H3;1H. The largest absolute Gasteiger partial charge is 0.342 e. The normalized spacial score (nSPS) is 18.9. The lowest BCUT2D eigenvalue weighted by Gasteiger charge is -2.37. The summed E-state index contributed by atoms with van der Waals surface area (Å²) in [7, 11) is 0. The number of rotatable bonds is 5. The monoisotopic (exact) mass is 393 g/mol. The zero-order valence-corrected chi connectivity index (χ0v) is 17.0. The van der Waals surface area contributed by atoms with E-state index in [0.29, 0.717) is 24.9 Å². The Hall–Kier alpha value is -1.59. The minimum absolute atomic E-state index is 0. The second kappa shape index (κ2) is 10.7. The number of nitrogens with zero attached hydrogens (tertiary/aromatic N) is 2. The summed E-state index contributed by atoms with van der Waals surface area (Å²) < 4.78 is 0. The number of carbonyl (C=O) groups excluding carboxylic acids is 2. The van der Waals surface area contributed by atoms with Gasteiger partial charge in [0.15, 0.2) is 0 Å². The Kier molecular flexibility index (Phi) is 8.58. The van der Waals surface area contributed by atoms with Crippen molar-refractivity contribution >= 4 is 24.2 Å². The topological polar surface area (TPSA) is 52.7 Å². The van der Waals surface area contributed by atoms with Gasteiger partial charge in [0.05, 0.1) is 0 Å². The molecule has 1 aromatic rings. The zero-order chi connectivity index (χ0) is 18.4. The summed E-state index contributed by atoms with van der Waals surface area (Å²) in [6, 6.07) is 9.42. The number of halogens is 1. The Morgan fingerprint density at radius 2 is 1.56 bits per heavy atom. The van der Waals surface area contributed by atoms with Gasteiger partial charge in [0.25, 0.3) is 5.91 Å². The fourth-order valence-corrected chi connectivity index (χ4v) is 4.06. The maximum absolute atomic E-state index is 12.8. The van der Waals surface area contributed by atoms with Gasteiger partial charge in [-0.2, -0.15) is 0 Å². The van der Waals surface area contributed by atoms with Crippen LogP contribution in [-0.2, 0) is 4.79 Å². The Morgan fingerprint density at radius 1 is 0.963 bits per heavy atom. The van der Waals surface area contributed by atoms with Crippen LogP contribution in [0.25, 0.3) is 0 Å². The molecular weight excluding hydrogens is 362 g/mol. The van der Waals surface area contributed by atoms with Gasteiger partial charge in [-0.1, -0.05) is 25.1 Å². The lowest BCUT2D eigenvalue weighted by Crippen LogP contribution is -2.47. The lowest BCUT2D eigenvalue weighted by atomic mass is 9.92. The summed E-state index contributed by atoms with van der Waals surface area (Å²) in [6.45, 7) is 7.35. The van der Waals surface area contributed by atoms with E-state index in [2.05, 4.69) is 17.1 Å². The maximum Gasteiger partial charge on any atom is 0.253 e. The van der Waals surface area contributed by atoms with Crippen molar-refractivity contribution in [3.05, 3.63) is 35.9 Å². The minimum Gasteiger partial charge on any atom is -0.342 e. The Bertz CT molecular complexity index is 595. The third kappa shape index (κ3) is 5.69. The van der Waals surface area contributed by atoms with Gasteiger partial charge in [0.1, 0.15) is 0 Å². The van der Waals surface area contributed by atoms with E-state index < -0.39 is 0 Å². The molecule has 5 nitrogen and oxygen atoms in total. The molecule has 0 aliphatic carbocycles. The molecule has 0 aromatic heterocycles. The predicted molar refractivity (Wildman–Crippen MR) is 110 cm³/mol. The molecule has 2 amide bonds. The van der Waals surface area contributed by atoms with Gasteiger partial charge in [-0.25, -0.2) is 0 Å². The number of amides is 2. The van der Waals surface area contributed by atoms with Crippen LogP contribution in [0.4, 0.5) is 0 Å². The fraction of sp³-hybridized carbons (Fsp3) is 0.619. The van der Waals surface area contributed by atoms with Crippen molar-refractivity contribution in [3.8, 4) is 0 Å². The first-order chi connectivity index (χ1) is 12.7. The molecule has 6 heteroatoms. The molecule has 27 heavy (non-hydrogen) atoms. The molecule has 2 aliphatic rings. The molecule has 2 aliphatic heterocycles. The number of nitrogens with one attached hydrogen (secondary N) is 1. The summed E-state index contributed by atoms with van der Waals surface area (Å²) in [5.41, 5.74) is 0.736. The first kappa shape index (κ1) is 21.7. The van der Waals surface area contributed by atoms with E-state index in [4.69, 9.17) is 0 Å². The second-order valence-electron chi connectivity index (χ2n) is 7.51. The molecule has 0 spiro atoms. The Labute approximate surface area is 168 Å². The average molecular weight is 394 g/mol. The Morgan fingerprint density at radius 3 is 2.15 bits per heavy atom. The van der Waals surface area contributed by atoms with Crippen LogP contribution in [0.3, 0.4) is 0 Å². The van der Waals surface area contributed by atoms with Crippen LogP contribution in [-0.4, -0.2) is 60.9 Å². The van der Waals surface area contributed by atoms with Crippen molar-refractivity contribution < 1.29 is 9.59 Å². The van der Waals surface area contributed by atoms with Crippen LogP contribution in [0, 0.1) is 11.8 Å². The van der Waals surface area contributed by atoms with Crippen LogP contribution >= 0.6 is 12.4 Å². The van der Waals surface area contributed by atoms with Gasteiger partial charge >= 0.3 is 0 Å². The van der Waals surface area contributed by atoms with Crippen LogP contribution < -0.4 is 5.32 Å². The molecule has 3 rings (SSSR count). The van der Waals surface area contributed by atoms with Gasteiger partial charge < -0.3 is 15.1 Å². The molecule has 0 saturated carbocycles. The molecule has 0 bridgehead atoms.